The molecule has 0 unspecified atom stereocenters. The maximum atomic E-state index is 12.5. The number of benzene rings is 3. The summed E-state index contributed by atoms with van der Waals surface area (Å²) in [6, 6.07) is 20.0. The molecule has 3 aromatic rings. The van der Waals surface area contributed by atoms with Gasteiger partial charge in [-0.25, -0.2) is 4.79 Å². The molecule has 0 spiro atoms. The molecule has 0 bridgehead atoms. The summed E-state index contributed by atoms with van der Waals surface area (Å²) in [5.74, 6) is -0.593. The Morgan fingerprint density at radius 2 is 1.76 bits per heavy atom. The van der Waals surface area contributed by atoms with E-state index in [-0.39, 0.29) is 11.3 Å². The molecule has 0 atom stereocenters. The zero-order chi connectivity index (χ0) is 23.8. The van der Waals surface area contributed by atoms with Crippen molar-refractivity contribution in [1.29, 1.82) is 5.26 Å². The van der Waals surface area contributed by atoms with Gasteiger partial charge in [-0.15, -0.1) is 0 Å². The summed E-state index contributed by atoms with van der Waals surface area (Å²) in [4.78, 5) is 25.0. The molecule has 6 nitrogen and oxygen atoms in total. The molecule has 0 fully saturated rings. The van der Waals surface area contributed by atoms with Gasteiger partial charge in [0.2, 0.25) is 0 Å². The van der Waals surface area contributed by atoms with Gasteiger partial charge in [-0.3, -0.25) is 4.79 Å². The summed E-state index contributed by atoms with van der Waals surface area (Å²) in [6.45, 7) is 2.12. The lowest BCUT2D eigenvalue weighted by molar-refractivity contribution is -0.112. The lowest BCUT2D eigenvalue weighted by Crippen LogP contribution is -2.13. The van der Waals surface area contributed by atoms with Crippen molar-refractivity contribution in [2.24, 2.45) is 0 Å². The molecule has 0 saturated heterocycles. The first-order valence-corrected chi connectivity index (χ1v) is 11.0. The summed E-state index contributed by atoms with van der Waals surface area (Å²) in [7, 11) is 0. The molecular formula is C25H18BrClN2O4. The topological polar surface area (TPSA) is 88.4 Å². The van der Waals surface area contributed by atoms with Crippen LogP contribution in [-0.2, 0) is 4.79 Å². The molecule has 0 radical (unpaired) electrons. The van der Waals surface area contributed by atoms with Crippen molar-refractivity contribution in [3.05, 3.63) is 92.9 Å². The third-order valence-corrected chi connectivity index (χ3v) is 5.11. The van der Waals surface area contributed by atoms with Gasteiger partial charge in [-0.2, -0.15) is 5.26 Å². The van der Waals surface area contributed by atoms with Gasteiger partial charge in [0, 0.05) is 15.2 Å². The number of anilines is 1. The van der Waals surface area contributed by atoms with E-state index in [0.29, 0.717) is 34.2 Å². The van der Waals surface area contributed by atoms with Crippen molar-refractivity contribution in [2.45, 2.75) is 6.92 Å². The maximum Gasteiger partial charge on any atom is 0.343 e. The Kier molecular flexibility index (Phi) is 8.25. The molecule has 0 aliphatic heterocycles. The van der Waals surface area contributed by atoms with Crippen molar-refractivity contribution in [3.8, 4) is 17.6 Å². The van der Waals surface area contributed by atoms with Crippen LogP contribution < -0.4 is 14.8 Å². The molecule has 8 heteroatoms. The van der Waals surface area contributed by atoms with E-state index in [1.807, 2.05) is 6.07 Å². The molecule has 3 rings (SSSR count). The van der Waals surface area contributed by atoms with Crippen molar-refractivity contribution >= 4 is 51.2 Å². The molecule has 0 aliphatic carbocycles. The number of esters is 1. The Morgan fingerprint density at radius 1 is 1.06 bits per heavy atom. The van der Waals surface area contributed by atoms with Gasteiger partial charge in [0.15, 0.2) is 11.5 Å². The quantitative estimate of drug-likeness (QED) is 0.170. The fourth-order valence-electron chi connectivity index (χ4n) is 2.76. The number of nitriles is 1. The van der Waals surface area contributed by atoms with E-state index in [2.05, 4.69) is 21.2 Å². The fourth-order valence-corrected chi connectivity index (χ4v) is 3.15. The Balaban J connectivity index is 1.81. The first kappa shape index (κ1) is 24.1. The molecule has 0 aliphatic rings. The number of hydrogen-bond acceptors (Lipinski definition) is 5. The van der Waals surface area contributed by atoms with E-state index < -0.39 is 11.9 Å². The molecule has 0 saturated carbocycles. The van der Waals surface area contributed by atoms with Crippen LogP contribution in [0.2, 0.25) is 5.02 Å². The fraction of sp³-hybridized carbons (Fsp3) is 0.0800. The second-order valence-electron chi connectivity index (χ2n) is 6.67. The van der Waals surface area contributed by atoms with Crippen LogP contribution in [0, 0.1) is 11.3 Å². The summed E-state index contributed by atoms with van der Waals surface area (Å²) in [5, 5.41) is 12.7. The van der Waals surface area contributed by atoms with Crippen molar-refractivity contribution in [2.75, 3.05) is 11.9 Å². The van der Waals surface area contributed by atoms with Gasteiger partial charge in [-0.1, -0.05) is 33.6 Å². The van der Waals surface area contributed by atoms with Crippen LogP contribution in [0.25, 0.3) is 6.08 Å². The van der Waals surface area contributed by atoms with Crippen LogP contribution in [0.5, 0.6) is 11.5 Å². The Hall–Kier alpha value is -3.60. The molecule has 0 heterocycles. The lowest BCUT2D eigenvalue weighted by atomic mass is 10.1. The highest BCUT2D eigenvalue weighted by molar-refractivity contribution is 9.10. The highest BCUT2D eigenvalue weighted by Gasteiger charge is 2.15. The number of ether oxygens (including phenoxy) is 2. The van der Waals surface area contributed by atoms with E-state index >= 15 is 0 Å². The number of nitrogens with zero attached hydrogens (tertiary/aromatic N) is 1. The Bertz CT molecular complexity index is 1230. The Morgan fingerprint density at radius 3 is 2.39 bits per heavy atom. The van der Waals surface area contributed by atoms with E-state index in [1.165, 1.54) is 6.08 Å². The summed E-state index contributed by atoms with van der Waals surface area (Å²) in [6.07, 6.45) is 1.43. The largest absolute Gasteiger partial charge is 0.490 e. The smallest absolute Gasteiger partial charge is 0.343 e. The van der Waals surface area contributed by atoms with Crippen LogP contribution in [0.3, 0.4) is 0 Å². The normalized spacial score (nSPS) is 10.8. The summed E-state index contributed by atoms with van der Waals surface area (Å²) < 4.78 is 11.9. The van der Waals surface area contributed by atoms with Crippen molar-refractivity contribution < 1.29 is 19.1 Å². The highest BCUT2D eigenvalue weighted by Crippen LogP contribution is 2.30. The van der Waals surface area contributed by atoms with Crippen LogP contribution >= 0.6 is 27.5 Å². The highest BCUT2D eigenvalue weighted by atomic mass is 79.9. The molecule has 1 amide bonds. The number of hydrogen-bond donors (Lipinski definition) is 1. The van der Waals surface area contributed by atoms with Crippen LogP contribution in [0.4, 0.5) is 5.69 Å². The third kappa shape index (κ3) is 6.69. The van der Waals surface area contributed by atoms with Gasteiger partial charge in [0.25, 0.3) is 5.91 Å². The predicted octanol–water partition coefficient (Wildman–Crippen LogP) is 6.27. The molecular weight excluding hydrogens is 508 g/mol. The van der Waals surface area contributed by atoms with Gasteiger partial charge in [0.05, 0.1) is 12.2 Å². The zero-order valence-electron chi connectivity index (χ0n) is 17.5. The van der Waals surface area contributed by atoms with Gasteiger partial charge < -0.3 is 14.8 Å². The van der Waals surface area contributed by atoms with E-state index in [0.717, 1.165) is 4.47 Å². The lowest BCUT2D eigenvalue weighted by Gasteiger charge is -2.12. The van der Waals surface area contributed by atoms with Crippen LogP contribution in [0.1, 0.15) is 22.8 Å². The standard InChI is InChI=1S/C25H18BrClN2O4/c1-2-32-23-14-16(3-12-22(23)33-25(31)17-4-8-20(27)9-5-17)13-18(15-28)24(30)29-21-10-6-19(26)7-11-21/h3-14H,2H2,1H3,(H,29,30)/b18-13+. The number of rotatable bonds is 7. The van der Waals surface area contributed by atoms with Gasteiger partial charge >= 0.3 is 5.97 Å². The predicted molar refractivity (Wildman–Crippen MR) is 130 cm³/mol. The van der Waals surface area contributed by atoms with E-state index in [1.54, 1.807) is 73.7 Å². The summed E-state index contributed by atoms with van der Waals surface area (Å²) in [5.41, 5.74) is 1.34. The van der Waals surface area contributed by atoms with Gasteiger partial charge in [-0.05, 0) is 79.2 Å². The second-order valence-corrected chi connectivity index (χ2v) is 8.02. The average molecular weight is 526 g/mol. The molecule has 1 N–H and O–H groups in total. The first-order chi connectivity index (χ1) is 15.9. The number of nitrogens with one attached hydrogen (secondary N) is 1. The third-order valence-electron chi connectivity index (χ3n) is 4.33. The second kappa shape index (κ2) is 11.3. The number of halogens is 2. The number of amides is 1. The molecule has 3 aromatic carbocycles. The van der Waals surface area contributed by atoms with Crippen LogP contribution in [-0.4, -0.2) is 18.5 Å². The van der Waals surface area contributed by atoms with E-state index in [9.17, 15) is 14.9 Å². The minimum Gasteiger partial charge on any atom is -0.490 e. The average Bonchev–Trinajstić information content (AvgIpc) is 2.81. The maximum absolute atomic E-state index is 12.5. The SMILES string of the molecule is CCOc1cc(/C=C(\C#N)C(=O)Nc2ccc(Br)cc2)ccc1OC(=O)c1ccc(Cl)cc1. The Labute approximate surface area is 204 Å². The minimum absolute atomic E-state index is 0.0914. The summed E-state index contributed by atoms with van der Waals surface area (Å²) >= 11 is 9.19. The number of carbonyl (C=O) groups excluding carboxylic acids is 2. The first-order valence-electron chi connectivity index (χ1n) is 9.83. The van der Waals surface area contributed by atoms with Crippen LogP contribution in [0.15, 0.2) is 76.8 Å². The van der Waals surface area contributed by atoms with Crippen molar-refractivity contribution in [3.63, 3.8) is 0 Å². The minimum atomic E-state index is -0.567. The molecule has 33 heavy (non-hydrogen) atoms. The monoisotopic (exact) mass is 524 g/mol. The molecule has 166 valence electrons. The molecule has 0 aromatic heterocycles. The zero-order valence-corrected chi connectivity index (χ0v) is 19.8. The van der Waals surface area contributed by atoms with Crippen molar-refractivity contribution in [1.82, 2.24) is 0 Å². The van der Waals surface area contributed by atoms with Gasteiger partial charge in [0.1, 0.15) is 11.6 Å². The number of carbonyl (C=O) groups is 2. The van der Waals surface area contributed by atoms with E-state index in [4.69, 9.17) is 21.1 Å².